The first-order chi connectivity index (χ1) is 19.1. The molecule has 2 aliphatic rings. The van der Waals surface area contributed by atoms with Crippen molar-refractivity contribution < 1.29 is 23.9 Å². The molecule has 208 valence electrons. The van der Waals surface area contributed by atoms with E-state index in [0.29, 0.717) is 43.9 Å². The second-order valence-electron chi connectivity index (χ2n) is 10.7. The number of aromatic nitrogens is 1. The standard InChI is InChI=1S/C30H33N5O5/c1-18-7-10-21-5-4-6-24(25(21)31-18)40-17-20-8-11-22(12-9-20)27(37)34-30(3,26-28(38)33-29(39)32-26)23-13-15-35(16-14-23)19(2)36/h4-12,23,26H,13-17H2,1-3H3,(H,34,37)(H2,32,33,38,39). The predicted molar refractivity (Wildman–Crippen MR) is 149 cm³/mol. The van der Waals surface area contributed by atoms with Gasteiger partial charge in [0, 0.05) is 36.7 Å². The van der Waals surface area contributed by atoms with Crippen LogP contribution in [0.3, 0.4) is 0 Å². The fourth-order valence-electron chi connectivity index (χ4n) is 5.61. The molecule has 5 amide bonds. The number of likely N-dealkylation sites (tertiary alicyclic amines) is 1. The van der Waals surface area contributed by atoms with Crippen LogP contribution in [-0.4, -0.2) is 58.3 Å². The molecule has 5 rings (SSSR count). The Morgan fingerprint density at radius 2 is 1.80 bits per heavy atom. The predicted octanol–water partition coefficient (Wildman–Crippen LogP) is 3.08. The largest absolute Gasteiger partial charge is 0.487 e. The summed E-state index contributed by atoms with van der Waals surface area (Å²) in [5.41, 5.74) is 1.95. The molecule has 2 aliphatic heterocycles. The third kappa shape index (κ3) is 5.47. The van der Waals surface area contributed by atoms with Crippen molar-refractivity contribution in [3.8, 4) is 5.75 Å². The Hall–Kier alpha value is -4.47. The lowest BCUT2D eigenvalue weighted by atomic mass is 9.74. The van der Waals surface area contributed by atoms with E-state index in [9.17, 15) is 19.2 Å². The number of hydrogen-bond donors (Lipinski definition) is 3. The van der Waals surface area contributed by atoms with Crippen LogP contribution < -0.4 is 20.7 Å². The number of piperidine rings is 1. The van der Waals surface area contributed by atoms with Crippen molar-refractivity contribution in [1.82, 2.24) is 25.8 Å². The van der Waals surface area contributed by atoms with E-state index in [1.807, 2.05) is 49.4 Å². The molecule has 3 aromatic rings. The van der Waals surface area contributed by atoms with Crippen LogP contribution in [-0.2, 0) is 16.2 Å². The highest BCUT2D eigenvalue weighted by Crippen LogP contribution is 2.33. The quantitative estimate of drug-likeness (QED) is 0.393. The zero-order valence-corrected chi connectivity index (χ0v) is 22.8. The lowest BCUT2D eigenvalue weighted by Gasteiger charge is -2.45. The van der Waals surface area contributed by atoms with E-state index in [1.165, 1.54) is 6.92 Å². The van der Waals surface area contributed by atoms with Crippen molar-refractivity contribution in [2.45, 2.75) is 51.8 Å². The van der Waals surface area contributed by atoms with Crippen molar-refractivity contribution >= 4 is 34.7 Å². The Morgan fingerprint density at radius 1 is 1.07 bits per heavy atom. The molecular weight excluding hydrogens is 510 g/mol. The number of carbonyl (C=O) groups is 4. The topological polar surface area (TPSA) is 130 Å². The summed E-state index contributed by atoms with van der Waals surface area (Å²) in [4.78, 5) is 56.2. The van der Waals surface area contributed by atoms with Gasteiger partial charge in [0.2, 0.25) is 5.91 Å². The number of carbonyl (C=O) groups excluding carboxylic acids is 4. The first-order valence-corrected chi connectivity index (χ1v) is 13.4. The van der Waals surface area contributed by atoms with Crippen LogP contribution in [0.15, 0.2) is 54.6 Å². The molecule has 10 nitrogen and oxygen atoms in total. The molecule has 1 aromatic heterocycles. The Morgan fingerprint density at radius 3 is 2.45 bits per heavy atom. The van der Waals surface area contributed by atoms with Gasteiger partial charge in [0.25, 0.3) is 11.8 Å². The summed E-state index contributed by atoms with van der Waals surface area (Å²) in [6.45, 7) is 6.60. The van der Waals surface area contributed by atoms with E-state index in [-0.39, 0.29) is 17.7 Å². The summed E-state index contributed by atoms with van der Waals surface area (Å²) < 4.78 is 6.06. The summed E-state index contributed by atoms with van der Waals surface area (Å²) in [5.74, 6) is -0.288. The number of amides is 5. The summed E-state index contributed by atoms with van der Waals surface area (Å²) in [6.07, 6.45) is 1.18. The summed E-state index contributed by atoms with van der Waals surface area (Å²) in [5, 5.41) is 9.01. The summed E-state index contributed by atoms with van der Waals surface area (Å²) in [6, 6.07) is 15.3. The van der Waals surface area contributed by atoms with Gasteiger partial charge in [-0.15, -0.1) is 0 Å². The number of rotatable bonds is 7. The zero-order chi connectivity index (χ0) is 28.4. The Bertz CT molecular complexity index is 1470. The van der Waals surface area contributed by atoms with Gasteiger partial charge in [0.05, 0.1) is 5.54 Å². The van der Waals surface area contributed by atoms with Crippen LogP contribution in [0.2, 0.25) is 0 Å². The highest BCUT2D eigenvalue weighted by Gasteiger charge is 2.50. The molecule has 10 heteroatoms. The van der Waals surface area contributed by atoms with Gasteiger partial charge in [-0.3, -0.25) is 19.7 Å². The van der Waals surface area contributed by atoms with Gasteiger partial charge in [0.1, 0.15) is 23.9 Å². The molecule has 0 spiro atoms. The van der Waals surface area contributed by atoms with Crippen LogP contribution in [0.1, 0.15) is 48.3 Å². The highest BCUT2D eigenvalue weighted by molar-refractivity contribution is 6.05. The Labute approximate surface area is 232 Å². The second kappa shape index (κ2) is 11.0. The molecule has 0 aliphatic carbocycles. The van der Waals surface area contributed by atoms with Gasteiger partial charge >= 0.3 is 6.03 Å². The maximum absolute atomic E-state index is 13.4. The second-order valence-corrected chi connectivity index (χ2v) is 10.7. The van der Waals surface area contributed by atoms with Crippen LogP contribution in [0.4, 0.5) is 4.79 Å². The lowest BCUT2D eigenvalue weighted by Crippen LogP contribution is -2.65. The summed E-state index contributed by atoms with van der Waals surface area (Å²) >= 11 is 0. The SMILES string of the molecule is CC(=O)N1CCC(C(C)(NC(=O)c2ccc(COc3cccc4ccc(C)nc34)cc2)C2NC(=O)NC2=O)CC1. The number of ether oxygens (including phenoxy) is 1. The van der Waals surface area contributed by atoms with Crippen molar-refractivity contribution in [1.29, 1.82) is 0 Å². The fourth-order valence-corrected chi connectivity index (χ4v) is 5.61. The number of urea groups is 1. The van der Waals surface area contributed by atoms with Gasteiger partial charge in [-0.1, -0.05) is 30.3 Å². The molecule has 0 radical (unpaired) electrons. The summed E-state index contributed by atoms with van der Waals surface area (Å²) in [7, 11) is 0. The molecule has 40 heavy (non-hydrogen) atoms. The maximum Gasteiger partial charge on any atom is 0.322 e. The van der Waals surface area contributed by atoms with Crippen molar-refractivity contribution in [2.24, 2.45) is 5.92 Å². The van der Waals surface area contributed by atoms with Crippen LogP contribution in [0.5, 0.6) is 5.75 Å². The van der Waals surface area contributed by atoms with Crippen LogP contribution in [0, 0.1) is 12.8 Å². The van der Waals surface area contributed by atoms with E-state index >= 15 is 0 Å². The van der Waals surface area contributed by atoms with E-state index < -0.39 is 23.5 Å². The number of nitrogens with zero attached hydrogens (tertiary/aromatic N) is 2. The zero-order valence-electron chi connectivity index (χ0n) is 22.8. The van der Waals surface area contributed by atoms with Crippen LogP contribution >= 0.6 is 0 Å². The number of imide groups is 1. The average Bonchev–Trinajstić information content (AvgIpc) is 3.30. The van der Waals surface area contributed by atoms with Gasteiger partial charge in [-0.05, 0) is 62.4 Å². The Balaban J connectivity index is 1.29. The number of pyridine rings is 1. The van der Waals surface area contributed by atoms with Gasteiger partial charge in [-0.25, -0.2) is 9.78 Å². The normalized spacial score (nSPS) is 19.1. The number of hydrogen-bond acceptors (Lipinski definition) is 6. The molecule has 2 aromatic carbocycles. The molecule has 2 unspecified atom stereocenters. The van der Waals surface area contributed by atoms with Gasteiger partial charge < -0.3 is 20.3 Å². The first-order valence-electron chi connectivity index (χ1n) is 13.4. The molecule has 2 fully saturated rings. The average molecular weight is 544 g/mol. The minimum Gasteiger partial charge on any atom is -0.487 e. The molecule has 0 bridgehead atoms. The number of para-hydroxylation sites is 1. The smallest absolute Gasteiger partial charge is 0.322 e. The van der Waals surface area contributed by atoms with Crippen molar-refractivity contribution in [3.63, 3.8) is 0 Å². The van der Waals surface area contributed by atoms with E-state index in [4.69, 9.17) is 4.74 Å². The van der Waals surface area contributed by atoms with Crippen molar-refractivity contribution in [3.05, 3.63) is 71.4 Å². The minimum absolute atomic E-state index is 0.00741. The highest BCUT2D eigenvalue weighted by atomic mass is 16.5. The van der Waals surface area contributed by atoms with E-state index in [0.717, 1.165) is 22.2 Å². The van der Waals surface area contributed by atoms with Gasteiger partial charge in [-0.2, -0.15) is 0 Å². The maximum atomic E-state index is 13.4. The van der Waals surface area contributed by atoms with E-state index in [2.05, 4.69) is 20.9 Å². The molecule has 3 heterocycles. The van der Waals surface area contributed by atoms with E-state index in [1.54, 1.807) is 24.0 Å². The van der Waals surface area contributed by atoms with Gasteiger partial charge in [0.15, 0.2) is 0 Å². The molecule has 2 saturated heterocycles. The van der Waals surface area contributed by atoms with Crippen molar-refractivity contribution in [2.75, 3.05) is 13.1 Å². The number of benzene rings is 2. The lowest BCUT2D eigenvalue weighted by molar-refractivity contribution is -0.131. The number of nitrogens with one attached hydrogen (secondary N) is 3. The molecule has 0 saturated carbocycles. The number of fused-ring (bicyclic) bond motifs is 1. The fraction of sp³-hybridized carbons (Fsp3) is 0.367. The third-order valence-corrected chi connectivity index (χ3v) is 7.98. The molecule has 3 N–H and O–H groups in total. The monoisotopic (exact) mass is 543 g/mol. The first kappa shape index (κ1) is 27.1. The number of aryl methyl sites for hydroxylation is 1. The molecule has 2 atom stereocenters. The molecular formula is C30H33N5O5. The third-order valence-electron chi connectivity index (χ3n) is 7.98. The van der Waals surface area contributed by atoms with Crippen LogP contribution in [0.25, 0.3) is 10.9 Å². The minimum atomic E-state index is -1.06. The Kier molecular flexibility index (Phi) is 7.42.